The van der Waals surface area contributed by atoms with Crippen LogP contribution in [0.15, 0.2) is 60.8 Å². The summed E-state index contributed by atoms with van der Waals surface area (Å²) in [7, 11) is 0. The minimum Gasteiger partial charge on any atom is -0.398 e. The molecule has 6 N–H and O–H groups in total. The zero-order valence-electron chi connectivity index (χ0n) is 20.1. The number of aliphatic hydroxyl groups is 1. The number of nitrogen functional groups attached to an aromatic ring is 1. The van der Waals surface area contributed by atoms with Crippen molar-refractivity contribution in [2.75, 3.05) is 11.6 Å². The maximum absolute atomic E-state index is 13.5. The van der Waals surface area contributed by atoms with E-state index in [0.29, 0.717) is 11.3 Å². The van der Waals surface area contributed by atoms with Gasteiger partial charge in [0, 0.05) is 11.9 Å². The van der Waals surface area contributed by atoms with Crippen molar-refractivity contribution >= 4 is 41.4 Å². The Kier molecular flexibility index (Phi) is 7.18. The maximum Gasteiger partial charge on any atom is 0.255 e. The number of carbonyl (C=O) groups excluding carboxylic acids is 3. The Bertz CT molecular complexity index is 1220. The molecule has 2 aromatic carbocycles. The summed E-state index contributed by atoms with van der Waals surface area (Å²) >= 11 is 1.46. The van der Waals surface area contributed by atoms with Gasteiger partial charge in [-0.15, -0.1) is 11.8 Å². The average Bonchev–Trinajstić information content (AvgIpc) is 3.19. The van der Waals surface area contributed by atoms with Crippen LogP contribution in [0.5, 0.6) is 0 Å². The normalized spacial score (nSPS) is 22.6. The molecule has 0 aromatic heterocycles. The van der Waals surface area contributed by atoms with E-state index in [9.17, 15) is 19.5 Å². The van der Waals surface area contributed by atoms with Crippen molar-refractivity contribution in [3.63, 3.8) is 0 Å². The molecule has 0 saturated carbocycles. The predicted molar refractivity (Wildman–Crippen MR) is 139 cm³/mol. The van der Waals surface area contributed by atoms with Crippen molar-refractivity contribution < 1.29 is 24.9 Å². The highest BCUT2D eigenvalue weighted by atomic mass is 32.2. The molecule has 2 aromatic rings. The molecule has 2 heterocycles. The molecule has 36 heavy (non-hydrogen) atoms. The van der Waals surface area contributed by atoms with Crippen LogP contribution in [0.4, 0.5) is 5.69 Å². The maximum atomic E-state index is 13.5. The number of benzene rings is 2. The molecule has 2 unspecified atom stereocenters. The Labute approximate surface area is 213 Å². The van der Waals surface area contributed by atoms with Gasteiger partial charge in [-0.3, -0.25) is 24.7 Å². The molecule has 2 fully saturated rings. The third kappa shape index (κ3) is 4.38. The number of carbonyl (C=O) groups is 3. The molecule has 0 spiro atoms. The van der Waals surface area contributed by atoms with E-state index in [1.54, 1.807) is 35.4 Å². The minimum absolute atomic E-state index is 0.199. The molecular weight excluding hydrogens is 478 g/mol. The molecule has 3 amide bonds. The fourth-order valence-electron chi connectivity index (χ4n) is 4.72. The summed E-state index contributed by atoms with van der Waals surface area (Å²) < 4.78 is 0. The molecule has 4 atom stereocenters. The Morgan fingerprint density at radius 3 is 2.67 bits per heavy atom. The molecule has 0 aliphatic carbocycles. The van der Waals surface area contributed by atoms with E-state index in [1.165, 1.54) is 22.9 Å². The summed E-state index contributed by atoms with van der Waals surface area (Å²) in [6.45, 7) is 3.72. The molecule has 2 saturated heterocycles. The summed E-state index contributed by atoms with van der Waals surface area (Å²) in [6, 6.07) is 12.4. The number of β-lactam (4-membered cyclic amide) rings is 1. The van der Waals surface area contributed by atoms with Crippen molar-refractivity contribution in [2.24, 2.45) is 0 Å². The van der Waals surface area contributed by atoms with Crippen molar-refractivity contribution in [1.82, 2.24) is 15.1 Å². The zero-order valence-corrected chi connectivity index (χ0v) is 20.9. The third-order valence-corrected chi connectivity index (χ3v) is 8.06. The van der Waals surface area contributed by atoms with Crippen LogP contribution in [0.3, 0.4) is 0 Å². The number of nitrogens with zero attached hydrogens (tertiary/aromatic N) is 2. The number of rotatable bonds is 8. The first-order valence-corrected chi connectivity index (χ1v) is 12.6. The number of anilines is 1. The lowest BCUT2D eigenvalue weighted by molar-refractivity contribution is -0.163. The number of nitrogens with one attached hydrogen (secondary N) is 1. The van der Waals surface area contributed by atoms with Gasteiger partial charge in [0.2, 0.25) is 0 Å². The first-order valence-electron chi connectivity index (χ1n) is 11.6. The number of amides is 3. The highest BCUT2D eigenvalue weighted by Crippen LogP contribution is 2.50. The second-order valence-electron chi connectivity index (χ2n) is 8.92. The van der Waals surface area contributed by atoms with Gasteiger partial charge in [0.1, 0.15) is 10.9 Å². The van der Waals surface area contributed by atoms with Gasteiger partial charge in [0.05, 0.1) is 23.0 Å². The molecule has 2 aliphatic rings. The lowest BCUT2D eigenvalue weighted by Gasteiger charge is -2.51. The lowest BCUT2D eigenvalue weighted by Crippen LogP contribution is -2.72. The van der Waals surface area contributed by atoms with Crippen molar-refractivity contribution in [1.29, 1.82) is 0 Å². The number of aliphatic hydroxyl groups excluding tert-OH is 1. The van der Waals surface area contributed by atoms with Crippen LogP contribution in [0.2, 0.25) is 0 Å². The highest BCUT2D eigenvalue weighted by Gasteiger charge is 2.65. The van der Waals surface area contributed by atoms with E-state index < -0.39 is 34.9 Å². The number of hydrogen-bond acceptors (Lipinski definition) is 6. The number of thioether (sulfide) groups is 1. The second kappa shape index (κ2) is 10.2. The smallest absolute Gasteiger partial charge is 0.255 e. The van der Waals surface area contributed by atoms with Crippen LogP contribution in [-0.2, 0) is 16.0 Å². The molecule has 188 valence electrons. The zero-order chi connectivity index (χ0) is 26.0. The van der Waals surface area contributed by atoms with E-state index >= 15 is 0 Å². The molecule has 0 radical (unpaired) electrons. The van der Waals surface area contributed by atoms with E-state index in [1.807, 2.05) is 44.2 Å². The Balaban J connectivity index is 1.59. The number of likely N-dealkylation sites (tertiary alicyclic amines) is 1. The summed E-state index contributed by atoms with van der Waals surface area (Å²) in [5.41, 5.74) is 7.72. The van der Waals surface area contributed by atoms with Crippen molar-refractivity contribution in [3.05, 3.63) is 77.5 Å². The quantitative estimate of drug-likeness (QED) is 0.227. The molecule has 2 aliphatic heterocycles. The standard InChI is InChI=1S/C26H29N5O4S/c1-3-12-31-25(35)22-26(31,2)36-15-30(22)24(34)21(32)20(13-16-8-5-4-6-9-16)29-23(33)17-10-7-11-19(28)18(17)14-27/h3-12,14,20-22,27,32H,13,15,28H2,1-2H3,(H,29,33)/p+1/b12-3-,27-14?/t20?,21-,22+,26?/m0/s1. The number of hydrogen-bond donors (Lipinski definition) is 4. The number of fused-ring (bicyclic) bond motifs is 1. The molecule has 0 bridgehead atoms. The largest absolute Gasteiger partial charge is 0.398 e. The van der Waals surface area contributed by atoms with E-state index in [2.05, 4.69) is 5.32 Å². The van der Waals surface area contributed by atoms with Crippen LogP contribution >= 0.6 is 11.8 Å². The molecular formula is C26H30N5O4S+. The monoisotopic (exact) mass is 508 g/mol. The third-order valence-electron chi connectivity index (χ3n) is 6.65. The Morgan fingerprint density at radius 2 is 2.00 bits per heavy atom. The first-order chi connectivity index (χ1) is 17.2. The van der Waals surface area contributed by atoms with Gasteiger partial charge in [-0.1, -0.05) is 42.5 Å². The summed E-state index contributed by atoms with van der Waals surface area (Å²) in [5.74, 6) is -1.08. The minimum atomic E-state index is -1.58. The fourth-order valence-corrected chi connectivity index (χ4v) is 6.07. The van der Waals surface area contributed by atoms with E-state index in [-0.39, 0.29) is 23.8 Å². The van der Waals surface area contributed by atoms with Gasteiger partial charge in [-0.25, -0.2) is 0 Å². The van der Waals surface area contributed by atoms with Crippen LogP contribution in [-0.4, -0.2) is 67.8 Å². The first kappa shape index (κ1) is 25.5. The molecule has 10 heteroatoms. The SMILES string of the molecule is C/C=C\N1C(=O)[C@H]2N(C(=O)[C@@H](O)C(Cc3ccccc3)NC(=O)c3cccc(N)c3C=[NH2+])CSC21C. The van der Waals surface area contributed by atoms with Gasteiger partial charge >= 0.3 is 0 Å². The summed E-state index contributed by atoms with van der Waals surface area (Å²) in [4.78, 5) is 41.9. The summed E-state index contributed by atoms with van der Waals surface area (Å²) in [6.07, 6.45) is 3.34. The van der Waals surface area contributed by atoms with E-state index in [0.717, 1.165) is 5.56 Å². The summed E-state index contributed by atoms with van der Waals surface area (Å²) in [5, 5.41) is 19.7. The fraction of sp³-hybridized carbons (Fsp3) is 0.308. The topological polar surface area (TPSA) is 142 Å². The van der Waals surface area contributed by atoms with Crippen LogP contribution in [0.25, 0.3) is 0 Å². The van der Waals surface area contributed by atoms with Gasteiger partial charge < -0.3 is 21.1 Å². The Hall–Kier alpha value is -3.63. The second-order valence-corrected chi connectivity index (χ2v) is 10.3. The van der Waals surface area contributed by atoms with E-state index in [4.69, 9.17) is 11.1 Å². The van der Waals surface area contributed by atoms with Crippen LogP contribution < -0.4 is 16.5 Å². The lowest BCUT2D eigenvalue weighted by atomic mass is 9.93. The van der Waals surface area contributed by atoms with Crippen LogP contribution in [0, 0.1) is 0 Å². The highest BCUT2D eigenvalue weighted by molar-refractivity contribution is 8.01. The van der Waals surface area contributed by atoms with Crippen molar-refractivity contribution in [2.45, 2.75) is 43.3 Å². The van der Waals surface area contributed by atoms with Gasteiger partial charge in [0.25, 0.3) is 17.7 Å². The predicted octanol–water partition coefficient (Wildman–Crippen LogP) is 0.142. The van der Waals surface area contributed by atoms with Gasteiger partial charge in [0.15, 0.2) is 12.3 Å². The average molecular weight is 509 g/mol. The molecule has 9 nitrogen and oxygen atoms in total. The molecule has 4 rings (SSSR count). The van der Waals surface area contributed by atoms with Gasteiger partial charge in [-0.2, -0.15) is 0 Å². The number of allylic oxidation sites excluding steroid dienone is 1. The Morgan fingerprint density at radius 1 is 1.28 bits per heavy atom. The van der Waals surface area contributed by atoms with Crippen molar-refractivity contribution in [3.8, 4) is 0 Å². The van der Waals surface area contributed by atoms with Gasteiger partial charge in [-0.05, 0) is 38.0 Å². The number of nitrogens with two attached hydrogens (primary N) is 2. The van der Waals surface area contributed by atoms with Crippen LogP contribution in [0.1, 0.15) is 35.3 Å².